The highest BCUT2D eigenvalue weighted by Crippen LogP contribution is 2.23. The van der Waals surface area contributed by atoms with Crippen molar-refractivity contribution in [2.24, 2.45) is 5.92 Å². The molecule has 1 aromatic heterocycles. The first-order chi connectivity index (χ1) is 12.9. The highest BCUT2D eigenvalue weighted by atomic mass is 35.5. The highest BCUT2D eigenvalue weighted by molar-refractivity contribution is 6.30. The Hall–Kier alpha value is -2.27. The van der Waals surface area contributed by atoms with Crippen molar-refractivity contribution in [1.29, 1.82) is 0 Å². The first kappa shape index (κ1) is 19.5. The van der Waals surface area contributed by atoms with E-state index in [1.54, 1.807) is 0 Å². The molecule has 2 heterocycles. The van der Waals surface area contributed by atoms with Crippen molar-refractivity contribution in [1.82, 2.24) is 15.2 Å². The van der Waals surface area contributed by atoms with Gasteiger partial charge in [-0.25, -0.2) is 0 Å². The van der Waals surface area contributed by atoms with Crippen LogP contribution in [0.4, 0.5) is 0 Å². The summed E-state index contributed by atoms with van der Waals surface area (Å²) in [6.07, 6.45) is 2.22. The molecule has 2 aromatic rings. The predicted molar refractivity (Wildman–Crippen MR) is 107 cm³/mol. The lowest BCUT2D eigenvalue weighted by Gasteiger charge is -2.31. The van der Waals surface area contributed by atoms with Crippen LogP contribution in [-0.2, 0) is 11.3 Å². The number of aromatic amines is 1. The Morgan fingerprint density at radius 1 is 1.22 bits per heavy atom. The maximum atomic E-state index is 12.7. The van der Waals surface area contributed by atoms with E-state index in [1.165, 1.54) is 0 Å². The maximum Gasteiger partial charge on any atom is 0.270 e. The Balaban J connectivity index is 1.44. The molecule has 0 bridgehead atoms. The zero-order valence-corrected chi connectivity index (χ0v) is 16.6. The molecule has 144 valence electrons. The number of piperidine rings is 1. The van der Waals surface area contributed by atoms with E-state index >= 15 is 0 Å². The summed E-state index contributed by atoms with van der Waals surface area (Å²) < 4.78 is 0. The van der Waals surface area contributed by atoms with Crippen LogP contribution in [0.5, 0.6) is 0 Å². The third-order valence-corrected chi connectivity index (χ3v) is 5.35. The fraction of sp³-hybridized carbons (Fsp3) is 0.429. The normalized spacial score (nSPS) is 15.0. The number of carbonyl (C=O) groups is 2. The van der Waals surface area contributed by atoms with Gasteiger partial charge in [0, 0.05) is 36.8 Å². The number of benzene rings is 1. The summed E-state index contributed by atoms with van der Waals surface area (Å²) in [5.41, 5.74) is 3.67. The van der Waals surface area contributed by atoms with Gasteiger partial charge in [-0.2, -0.15) is 0 Å². The summed E-state index contributed by atoms with van der Waals surface area (Å²) in [6, 6.07) is 9.49. The summed E-state index contributed by atoms with van der Waals surface area (Å²) in [5.74, 6) is 0.430. The molecule has 1 fully saturated rings. The SMILES string of the molecule is Cc1cc(C)c(C(=O)N2CCC(CC(=O)NCc3cccc(Cl)c3)CC2)[nH]1. The number of nitrogens with zero attached hydrogens (tertiary/aromatic N) is 1. The van der Waals surface area contributed by atoms with Crippen LogP contribution in [0.15, 0.2) is 30.3 Å². The van der Waals surface area contributed by atoms with E-state index in [-0.39, 0.29) is 11.8 Å². The van der Waals surface area contributed by atoms with Crippen molar-refractivity contribution in [2.75, 3.05) is 13.1 Å². The van der Waals surface area contributed by atoms with Crippen molar-refractivity contribution >= 4 is 23.4 Å². The molecular formula is C21H26ClN3O2. The van der Waals surface area contributed by atoms with Gasteiger partial charge in [0.1, 0.15) is 5.69 Å². The van der Waals surface area contributed by atoms with Gasteiger partial charge in [-0.3, -0.25) is 9.59 Å². The van der Waals surface area contributed by atoms with Gasteiger partial charge in [0.25, 0.3) is 5.91 Å². The number of aromatic nitrogens is 1. The second kappa shape index (κ2) is 8.61. The van der Waals surface area contributed by atoms with Gasteiger partial charge in [-0.15, -0.1) is 0 Å². The highest BCUT2D eigenvalue weighted by Gasteiger charge is 2.26. The zero-order chi connectivity index (χ0) is 19.4. The van der Waals surface area contributed by atoms with Gasteiger partial charge >= 0.3 is 0 Å². The summed E-state index contributed by atoms with van der Waals surface area (Å²) in [5, 5.41) is 3.63. The molecule has 3 rings (SSSR count). The van der Waals surface area contributed by atoms with E-state index in [9.17, 15) is 9.59 Å². The van der Waals surface area contributed by atoms with Crippen molar-refractivity contribution in [3.63, 3.8) is 0 Å². The Bertz CT molecular complexity index is 823. The number of rotatable bonds is 5. The summed E-state index contributed by atoms with van der Waals surface area (Å²) >= 11 is 5.96. The largest absolute Gasteiger partial charge is 0.354 e. The molecule has 1 aliphatic rings. The number of amides is 2. The first-order valence-electron chi connectivity index (χ1n) is 9.39. The first-order valence-corrected chi connectivity index (χ1v) is 9.77. The average molecular weight is 388 g/mol. The molecule has 0 atom stereocenters. The van der Waals surface area contributed by atoms with Gasteiger partial charge < -0.3 is 15.2 Å². The quantitative estimate of drug-likeness (QED) is 0.818. The number of likely N-dealkylation sites (tertiary alicyclic amines) is 1. The minimum absolute atomic E-state index is 0.0515. The van der Waals surface area contributed by atoms with Crippen LogP contribution >= 0.6 is 11.6 Å². The second-order valence-electron chi connectivity index (χ2n) is 7.36. The smallest absolute Gasteiger partial charge is 0.270 e. The lowest BCUT2D eigenvalue weighted by molar-refractivity contribution is -0.122. The molecule has 27 heavy (non-hydrogen) atoms. The number of halogens is 1. The lowest BCUT2D eigenvalue weighted by Crippen LogP contribution is -2.40. The zero-order valence-electron chi connectivity index (χ0n) is 15.8. The van der Waals surface area contributed by atoms with E-state index < -0.39 is 0 Å². The number of hydrogen-bond donors (Lipinski definition) is 2. The Labute approximate surface area is 165 Å². The molecule has 2 N–H and O–H groups in total. The number of hydrogen-bond acceptors (Lipinski definition) is 2. The molecule has 2 amide bonds. The number of carbonyl (C=O) groups excluding carboxylic acids is 2. The predicted octanol–water partition coefficient (Wildman–Crippen LogP) is 3.84. The van der Waals surface area contributed by atoms with Crippen molar-refractivity contribution < 1.29 is 9.59 Å². The fourth-order valence-electron chi connectivity index (χ4n) is 3.63. The van der Waals surface area contributed by atoms with Gasteiger partial charge in [0.05, 0.1) is 0 Å². The van der Waals surface area contributed by atoms with Crippen LogP contribution in [0.1, 0.15) is 46.6 Å². The Kier molecular flexibility index (Phi) is 6.22. The summed E-state index contributed by atoms with van der Waals surface area (Å²) in [7, 11) is 0. The van der Waals surface area contributed by atoms with Crippen LogP contribution in [-0.4, -0.2) is 34.8 Å². The van der Waals surface area contributed by atoms with E-state index in [2.05, 4.69) is 10.3 Å². The molecule has 0 saturated carbocycles. The minimum Gasteiger partial charge on any atom is -0.354 e. The van der Waals surface area contributed by atoms with Gasteiger partial charge in [0.2, 0.25) is 5.91 Å². The Morgan fingerprint density at radius 2 is 1.96 bits per heavy atom. The van der Waals surface area contributed by atoms with E-state index in [1.807, 2.05) is 49.1 Å². The van der Waals surface area contributed by atoms with Crippen molar-refractivity contribution in [2.45, 2.75) is 39.7 Å². The summed E-state index contributed by atoms with van der Waals surface area (Å²) in [6.45, 7) is 5.79. The fourth-order valence-corrected chi connectivity index (χ4v) is 3.84. The molecule has 5 nitrogen and oxygen atoms in total. The maximum absolute atomic E-state index is 12.7. The monoisotopic (exact) mass is 387 g/mol. The van der Waals surface area contributed by atoms with Crippen LogP contribution in [0.25, 0.3) is 0 Å². The molecule has 0 aliphatic carbocycles. The van der Waals surface area contributed by atoms with Crippen molar-refractivity contribution in [3.8, 4) is 0 Å². The van der Waals surface area contributed by atoms with Crippen LogP contribution in [0.2, 0.25) is 5.02 Å². The molecule has 1 aliphatic heterocycles. The van der Waals surface area contributed by atoms with Crippen LogP contribution in [0.3, 0.4) is 0 Å². The second-order valence-corrected chi connectivity index (χ2v) is 7.79. The lowest BCUT2D eigenvalue weighted by atomic mass is 9.93. The van der Waals surface area contributed by atoms with E-state index in [0.717, 1.165) is 29.7 Å². The topological polar surface area (TPSA) is 65.2 Å². The third-order valence-electron chi connectivity index (χ3n) is 5.12. The van der Waals surface area contributed by atoms with E-state index in [0.29, 0.717) is 42.7 Å². The molecule has 1 aromatic carbocycles. The molecule has 1 saturated heterocycles. The van der Waals surface area contributed by atoms with Gasteiger partial charge in [-0.05, 0) is 61.9 Å². The third kappa shape index (κ3) is 5.13. The van der Waals surface area contributed by atoms with Crippen LogP contribution < -0.4 is 5.32 Å². The number of nitrogens with one attached hydrogen (secondary N) is 2. The molecule has 6 heteroatoms. The van der Waals surface area contributed by atoms with E-state index in [4.69, 9.17) is 11.6 Å². The van der Waals surface area contributed by atoms with Gasteiger partial charge in [-0.1, -0.05) is 23.7 Å². The van der Waals surface area contributed by atoms with Crippen molar-refractivity contribution in [3.05, 3.63) is 57.9 Å². The number of H-pyrrole nitrogens is 1. The molecule has 0 radical (unpaired) electrons. The summed E-state index contributed by atoms with van der Waals surface area (Å²) in [4.78, 5) is 29.9. The Morgan fingerprint density at radius 3 is 2.59 bits per heavy atom. The minimum atomic E-state index is 0.0515. The molecule has 0 unspecified atom stereocenters. The van der Waals surface area contributed by atoms with Crippen LogP contribution in [0, 0.1) is 19.8 Å². The average Bonchev–Trinajstić information content (AvgIpc) is 2.98. The molecular weight excluding hydrogens is 362 g/mol. The van der Waals surface area contributed by atoms with Gasteiger partial charge in [0.15, 0.2) is 0 Å². The molecule has 0 spiro atoms. The standard InChI is InChI=1S/C21H26ClN3O2/c1-14-10-15(2)24-20(14)21(27)25-8-6-16(7-9-25)12-19(26)23-13-17-4-3-5-18(22)11-17/h3-5,10-11,16,24H,6-9,12-13H2,1-2H3,(H,23,26). The number of aryl methyl sites for hydroxylation is 2.